The lowest BCUT2D eigenvalue weighted by molar-refractivity contribution is -0.114. The lowest BCUT2D eigenvalue weighted by Crippen LogP contribution is -2.48. The van der Waals surface area contributed by atoms with Gasteiger partial charge in [0.1, 0.15) is 11.5 Å². The molecule has 1 aliphatic rings. The van der Waals surface area contributed by atoms with Crippen LogP contribution < -0.4 is 22.1 Å². The van der Waals surface area contributed by atoms with E-state index >= 15 is 0 Å². The molecule has 9 heavy (non-hydrogen) atoms. The first-order chi connectivity index (χ1) is 4.22. The van der Waals surface area contributed by atoms with Crippen molar-refractivity contribution in [3.05, 3.63) is 11.5 Å². The van der Waals surface area contributed by atoms with E-state index in [0.29, 0.717) is 12.5 Å². The van der Waals surface area contributed by atoms with Crippen molar-refractivity contribution in [3.63, 3.8) is 0 Å². The van der Waals surface area contributed by atoms with E-state index in [1.165, 1.54) is 0 Å². The van der Waals surface area contributed by atoms with E-state index < -0.39 is 5.91 Å². The summed E-state index contributed by atoms with van der Waals surface area (Å²) in [5.41, 5.74) is 10.1. The summed E-state index contributed by atoms with van der Waals surface area (Å²) in [4.78, 5) is 10.3. The number of amides is 1. The maximum Gasteiger partial charge on any atom is 0.268 e. The molecule has 1 amide bonds. The van der Waals surface area contributed by atoms with E-state index in [2.05, 4.69) is 10.6 Å². The second kappa shape index (κ2) is 1.85. The fourth-order valence-electron chi connectivity index (χ4n) is 0.490. The van der Waals surface area contributed by atoms with Crippen LogP contribution >= 0.6 is 0 Å². The van der Waals surface area contributed by atoms with Crippen molar-refractivity contribution in [2.24, 2.45) is 11.5 Å². The zero-order valence-corrected chi connectivity index (χ0v) is 4.77. The SMILES string of the molecule is NC(=O)C(N)=C1NCN1. The van der Waals surface area contributed by atoms with Gasteiger partial charge in [-0.05, 0) is 0 Å². The molecule has 0 unspecified atom stereocenters. The minimum Gasteiger partial charge on any atom is -0.391 e. The van der Waals surface area contributed by atoms with Gasteiger partial charge in [0, 0.05) is 0 Å². The fraction of sp³-hybridized carbons (Fsp3) is 0.250. The smallest absolute Gasteiger partial charge is 0.268 e. The summed E-state index contributed by atoms with van der Waals surface area (Å²) >= 11 is 0. The Morgan fingerprint density at radius 1 is 1.44 bits per heavy atom. The zero-order chi connectivity index (χ0) is 6.85. The Morgan fingerprint density at radius 2 is 2.00 bits per heavy atom. The Kier molecular flexibility index (Phi) is 1.18. The predicted molar refractivity (Wildman–Crippen MR) is 31.5 cm³/mol. The third-order valence-electron chi connectivity index (χ3n) is 1.07. The average molecular weight is 128 g/mol. The number of nitrogens with one attached hydrogen (secondary N) is 2. The van der Waals surface area contributed by atoms with Crippen LogP contribution in [0.25, 0.3) is 0 Å². The normalized spacial score (nSPS) is 14.9. The maximum atomic E-state index is 10.3. The molecular weight excluding hydrogens is 120 g/mol. The molecule has 0 aromatic heterocycles. The third kappa shape index (κ3) is 0.883. The quantitative estimate of drug-likeness (QED) is 0.300. The van der Waals surface area contributed by atoms with Crippen molar-refractivity contribution < 1.29 is 4.79 Å². The molecule has 0 aromatic rings. The summed E-state index contributed by atoms with van der Waals surface area (Å²) in [5, 5.41) is 5.54. The molecule has 0 radical (unpaired) electrons. The van der Waals surface area contributed by atoms with Gasteiger partial charge >= 0.3 is 0 Å². The van der Waals surface area contributed by atoms with E-state index in [0.717, 1.165) is 0 Å². The van der Waals surface area contributed by atoms with Gasteiger partial charge in [0.2, 0.25) is 0 Å². The molecule has 1 aliphatic heterocycles. The highest BCUT2D eigenvalue weighted by Gasteiger charge is 2.12. The summed E-state index contributed by atoms with van der Waals surface area (Å²) in [5.74, 6) is -0.0767. The van der Waals surface area contributed by atoms with Gasteiger partial charge in [-0.15, -0.1) is 0 Å². The summed E-state index contributed by atoms with van der Waals surface area (Å²) in [6.07, 6.45) is 0. The van der Waals surface area contributed by atoms with Gasteiger partial charge in [-0.2, -0.15) is 0 Å². The summed E-state index contributed by atoms with van der Waals surface area (Å²) in [6, 6.07) is 0. The van der Waals surface area contributed by atoms with Gasteiger partial charge in [-0.1, -0.05) is 0 Å². The van der Waals surface area contributed by atoms with Crippen LogP contribution in [0.5, 0.6) is 0 Å². The largest absolute Gasteiger partial charge is 0.391 e. The second-order valence-electron chi connectivity index (χ2n) is 1.68. The van der Waals surface area contributed by atoms with Crippen LogP contribution in [0.1, 0.15) is 0 Å². The fourth-order valence-corrected chi connectivity index (χ4v) is 0.490. The summed E-state index contributed by atoms with van der Waals surface area (Å²) in [7, 11) is 0. The van der Waals surface area contributed by atoms with E-state index in [1.54, 1.807) is 0 Å². The Hall–Kier alpha value is -1.39. The van der Waals surface area contributed by atoms with Gasteiger partial charge < -0.3 is 22.1 Å². The zero-order valence-electron chi connectivity index (χ0n) is 4.77. The standard InChI is InChI=1S/C4H8N4O/c5-2(3(6)9)4-7-1-8-4/h7-8H,1,5H2,(H2,6,9). The van der Waals surface area contributed by atoms with E-state index in [-0.39, 0.29) is 5.70 Å². The van der Waals surface area contributed by atoms with Gasteiger partial charge in [0.25, 0.3) is 5.91 Å². The average Bonchev–Trinajstić information content (AvgIpc) is 1.60. The second-order valence-corrected chi connectivity index (χ2v) is 1.68. The lowest BCUT2D eigenvalue weighted by Gasteiger charge is -2.23. The first-order valence-electron chi connectivity index (χ1n) is 2.49. The highest BCUT2D eigenvalue weighted by Crippen LogP contribution is 1.94. The molecule has 1 heterocycles. The molecule has 0 aromatic carbocycles. The molecular formula is C4H8N4O. The molecule has 0 spiro atoms. The summed E-state index contributed by atoms with van der Waals surface area (Å²) in [6.45, 7) is 0.642. The number of nitrogens with two attached hydrogens (primary N) is 2. The Labute approximate surface area is 52.1 Å². The first kappa shape index (κ1) is 5.74. The lowest BCUT2D eigenvalue weighted by atomic mass is 10.4. The van der Waals surface area contributed by atoms with Crippen molar-refractivity contribution in [1.82, 2.24) is 10.6 Å². The highest BCUT2D eigenvalue weighted by atomic mass is 16.1. The van der Waals surface area contributed by atoms with E-state index in [9.17, 15) is 4.79 Å². The monoisotopic (exact) mass is 128 g/mol. The third-order valence-corrected chi connectivity index (χ3v) is 1.07. The van der Waals surface area contributed by atoms with Crippen molar-refractivity contribution in [2.75, 3.05) is 6.67 Å². The number of primary amides is 1. The molecule has 5 heteroatoms. The summed E-state index contributed by atoms with van der Waals surface area (Å²) < 4.78 is 0. The van der Waals surface area contributed by atoms with Crippen LogP contribution in [0, 0.1) is 0 Å². The molecule has 1 rings (SSSR count). The van der Waals surface area contributed by atoms with Crippen molar-refractivity contribution in [2.45, 2.75) is 0 Å². The highest BCUT2D eigenvalue weighted by molar-refractivity contribution is 5.91. The van der Waals surface area contributed by atoms with Crippen molar-refractivity contribution in [3.8, 4) is 0 Å². The molecule has 0 atom stereocenters. The van der Waals surface area contributed by atoms with Crippen LogP contribution in [0.4, 0.5) is 0 Å². The van der Waals surface area contributed by atoms with Gasteiger partial charge in [-0.25, -0.2) is 0 Å². The molecule has 5 nitrogen and oxygen atoms in total. The first-order valence-corrected chi connectivity index (χ1v) is 2.49. The minimum atomic E-state index is -0.607. The van der Waals surface area contributed by atoms with Crippen LogP contribution in [0.15, 0.2) is 11.5 Å². The van der Waals surface area contributed by atoms with Gasteiger partial charge in [0.15, 0.2) is 0 Å². The molecule has 1 saturated heterocycles. The molecule has 0 aliphatic carbocycles. The van der Waals surface area contributed by atoms with Crippen molar-refractivity contribution >= 4 is 5.91 Å². The van der Waals surface area contributed by atoms with Gasteiger partial charge in [-0.3, -0.25) is 4.79 Å². The van der Waals surface area contributed by atoms with Crippen molar-refractivity contribution in [1.29, 1.82) is 0 Å². The number of carbonyl (C=O) groups excluding carboxylic acids is 1. The Bertz CT molecular complexity index is 167. The molecule has 0 bridgehead atoms. The van der Waals surface area contributed by atoms with E-state index in [4.69, 9.17) is 11.5 Å². The topological polar surface area (TPSA) is 93.2 Å². The number of hydrogen-bond donors (Lipinski definition) is 4. The minimum absolute atomic E-state index is 0.0567. The van der Waals surface area contributed by atoms with Gasteiger partial charge in [0.05, 0.1) is 6.67 Å². The van der Waals surface area contributed by atoms with Crippen LogP contribution in [0.3, 0.4) is 0 Å². The molecule has 50 valence electrons. The number of hydrogen-bond acceptors (Lipinski definition) is 4. The number of carbonyl (C=O) groups is 1. The predicted octanol–water partition coefficient (Wildman–Crippen LogP) is -2.25. The van der Waals surface area contributed by atoms with Crippen LogP contribution in [0.2, 0.25) is 0 Å². The molecule has 0 saturated carbocycles. The van der Waals surface area contributed by atoms with Crippen LogP contribution in [-0.2, 0) is 4.79 Å². The van der Waals surface area contributed by atoms with Crippen LogP contribution in [-0.4, -0.2) is 12.6 Å². The Morgan fingerprint density at radius 3 is 2.11 bits per heavy atom. The molecule has 6 N–H and O–H groups in total. The van der Waals surface area contributed by atoms with E-state index in [1.807, 2.05) is 0 Å². The number of rotatable bonds is 1. The Balaban J connectivity index is 2.67. The molecule has 1 fully saturated rings. The maximum absolute atomic E-state index is 10.3.